The Kier molecular flexibility index (Phi) is 4.04. The molecule has 1 N–H and O–H groups in total. The number of hydrogen-bond donors (Lipinski definition) is 1. The van der Waals surface area contributed by atoms with Gasteiger partial charge < -0.3 is 9.84 Å². The monoisotopic (exact) mass is 180 g/mol. The van der Waals surface area contributed by atoms with E-state index >= 15 is 0 Å². The molecule has 0 spiro atoms. The lowest BCUT2D eigenvalue weighted by Crippen LogP contribution is -2.01. The van der Waals surface area contributed by atoms with Gasteiger partial charge in [0.25, 0.3) is 0 Å². The van der Waals surface area contributed by atoms with Gasteiger partial charge in [0.05, 0.1) is 15.5 Å². The molecular weight excluding hydrogens is 167 g/mol. The van der Waals surface area contributed by atoms with Crippen LogP contribution in [0.5, 0.6) is 5.75 Å². The molecule has 0 amide bonds. The van der Waals surface area contributed by atoms with Gasteiger partial charge in [-0.25, -0.2) is 4.79 Å². The molecule has 0 unspecified atom stereocenters. The van der Waals surface area contributed by atoms with Crippen LogP contribution in [-0.2, 0) is 0 Å². The number of ether oxygens (including phenoxy) is 1. The van der Waals surface area contributed by atoms with E-state index in [0.29, 0.717) is 5.75 Å². The minimum atomic E-state index is -0.962. The maximum atomic E-state index is 10.7. The summed E-state index contributed by atoms with van der Waals surface area (Å²) in [4.78, 5) is 10.7. The summed E-state index contributed by atoms with van der Waals surface area (Å²) in [6.07, 6.45) is 0. The van der Waals surface area contributed by atoms with Gasteiger partial charge in [-0.3, -0.25) is 0 Å². The van der Waals surface area contributed by atoms with Crippen LogP contribution in [0.15, 0.2) is 18.2 Å². The SMILES string of the molecule is B.COc1c(C)cccc1C(=O)O. The second-order valence-electron chi connectivity index (χ2n) is 2.46. The van der Waals surface area contributed by atoms with Crippen molar-refractivity contribution in [3.05, 3.63) is 29.3 Å². The number of aromatic carboxylic acids is 1. The smallest absolute Gasteiger partial charge is 0.339 e. The Hall–Kier alpha value is -1.45. The molecule has 0 aliphatic rings. The molecule has 13 heavy (non-hydrogen) atoms. The molecule has 0 saturated heterocycles. The van der Waals surface area contributed by atoms with Crippen molar-refractivity contribution in [3.8, 4) is 5.75 Å². The third kappa shape index (κ3) is 2.24. The van der Waals surface area contributed by atoms with Gasteiger partial charge in [0.1, 0.15) is 11.3 Å². The zero-order valence-electron chi connectivity index (χ0n) is 7.00. The molecule has 0 aliphatic heterocycles. The summed E-state index contributed by atoms with van der Waals surface area (Å²) < 4.78 is 4.96. The van der Waals surface area contributed by atoms with Crippen LogP contribution in [0.3, 0.4) is 0 Å². The molecule has 1 rings (SSSR count). The number of carboxylic acids is 1. The lowest BCUT2D eigenvalue weighted by Gasteiger charge is -2.06. The van der Waals surface area contributed by atoms with E-state index in [1.807, 2.05) is 13.0 Å². The van der Waals surface area contributed by atoms with Crippen molar-refractivity contribution in [3.63, 3.8) is 0 Å². The number of rotatable bonds is 2. The minimum Gasteiger partial charge on any atom is -0.496 e. The Labute approximate surface area is 78.9 Å². The largest absolute Gasteiger partial charge is 0.496 e. The van der Waals surface area contributed by atoms with E-state index in [0.717, 1.165) is 5.56 Å². The van der Waals surface area contributed by atoms with Crippen molar-refractivity contribution in [1.29, 1.82) is 0 Å². The van der Waals surface area contributed by atoms with E-state index in [1.54, 1.807) is 6.07 Å². The summed E-state index contributed by atoms with van der Waals surface area (Å²) in [5.41, 5.74) is 1.04. The topological polar surface area (TPSA) is 46.5 Å². The number of carbonyl (C=O) groups is 1. The molecule has 1 aromatic carbocycles. The van der Waals surface area contributed by atoms with Crippen LogP contribution in [0, 0.1) is 6.92 Å². The van der Waals surface area contributed by atoms with Crippen LogP contribution in [0.1, 0.15) is 15.9 Å². The van der Waals surface area contributed by atoms with Gasteiger partial charge >= 0.3 is 5.97 Å². The normalized spacial score (nSPS) is 8.77. The van der Waals surface area contributed by atoms with Crippen LogP contribution < -0.4 is 4.74 Å². The second kappa shape index (κ2) is 4.55. The summed E-state index contributed by atoms with van der Waals surface area (Å²) in [7, 11) is 1.47. The fourth-order valence-corrected chi connectivity index (χ4v) is 1.09. The maximum absolute atomic E-state index is 10.7. The summed E-state index contributed by atoms with van der Waals surface area (Å²) in [6, 6.07) is 5.03. The molecule has 0 radical (unpaired) electrons. The third-order valence-electron chi connectivity index (χ3n) is 1.65. The Morgan fingerprint density at radius 1 is 1.46 bits per heavy atom. The summed E-state index contributed by atoms with van der Waals surface area (Å²) in [5.74, 6) is -0.527. The van der Waals surface area contributed by atoms with Crippen LogP contribution in [0.25, 0.3) is 0 Å². The Morgan fingerprint density at radius 3 is 2.46 bits per heavy atom. The number of para-hydroxylation sites is 1. The standard InChI is InChI=1S/C9H10O3.BH3/c1-6-4-3-5-7(9(10)11)8(6)12-2;/h3-5H,1-2H3,(H,10,11);1H3. The predicted molar refractivity (Wildman–Crippen MR) is 54.6 cm³/mol. The molecule has 0 aliphatic carbocycles. The van der Waals surface area contributed by atoms with Gasteiger partial charge in [0, 0.05) is 0 Å². The Morgan fingerprint density at radius 2 is 2.08 bits per heavy atom. The molecule has 0 fully saturated rings. The molecule has 1 aromatic rings. The molecule has 0 heterocycles. The fourth-order valence-electron chi connectivity index (χ4n) is 1.09. The van der Waals surface area contributed by atoms with Gasteiger partial charge in [-0.05, 0) is 18.6 Å². The molecular formula is C9H13BO3. The molecule has 0 saturated carbocycles. The lowest BCUT2D eigenvalue weighted by molar-refractivity contribution is 0.0693. The van der Waals surface area contributed by atoms with E-state index in [2.05, 4.69) is 0 Å². The van der Waals surface area contributed by atoms with Crippen molar-refractivity contribution in [2.45, 2.75) is 6.92 Å². The maximum Gasteiger partial charge on any atom is 0.339 e. The summed E-state index contributed by atoms with van der Waals surface area (Å²) in [5, 5.41) is 8.74. The first-order valence-electron chi connectivity index (χ1n) is 3.53. The molecule has 0 bridgehead atoms. The molecule has 0 aromatic heterocycles. The number of methoxy groups -OCH3 is 1. The van der Waals surface area contributed by atoms with Gasteiger partial charge in [0.2, 0.25) is 0 Å². The summed E-state index contributed by atoms with van der Waals surface area (Å²) in [6.45, 7) is 1.81. The number of hydrogen-bond acceptors (Lipinski definition) is 2. The molecule has 3 nitrogen and oxygen atoms in total. The quantitative estimate of drug-likeness (QED) is 0.674. The van der Waals surface area contributed by atoms with Crippen molar-refractivity contribution in [2.24, 2.45) is 0 Å². The number of aryl methyl sites for hydroxylation is 1. The second-order valence-corrected chi connectivity index (χ2v) is 2.46. The van der Waals surface area contributed by atoms with Gasteiger partial charge in [0.15, 0.2) is 0 Å². The highest BCUT2D eigenvalue weighted by Crippen LogP contribution is 2.22. The lowest BCUT2D eigenvalue weighted by atomic mass is 10.1. The number of carboxylic acid groups (broad SMARTS) is 1. The van der Waals surface area contributed by atoms with E-state index in [1.165, 1.54) is 13.2 Å². The molecule has 4 heteroatoms. The summed E-state index contributed by atoms with van der Waals surface area (Å²) >= 11 is 0. The van der Waals surface area contributed by atoms with Gasteiger partial charge in [-0.15, -0.1) is 0 Å². The zero-order valence-corrected chi connectivity index (χ0v) is 7.00. The Bertz CT molecular complexity index is 310. The van der Waals surface area contributed by atoms with Gasteiger partial charge in [-0.2, -0.15) is 0 Å². The zero-order chi connectivity index (χ0) is 9.14. The van der Waals surface area contributed by atoms with Crippen molar-refractivity contribution in [1.82, 2.24) is 0 Å². The van der Waals surface area contributed by atoms with Gasteiger partial charge in [-0.1, -0.05) is 12.1 Å². The first-order valence-corrected chi connectivity index (χ1v) is 3.53. The first-order chi connectivity index (χ1) is 5.66. The average Bonchev–Trinajstić information content (AvgIpc) is 2.03. The van der Waals surface area contributed by atoms with E-state index in [4.69, 9.17) is 9.84 Å². The highest BCUT2D eigenvalue weighted by atomic mass is 16.5. The molecule has 0 atom stereocenters. The minimum absolute atomic E-state index is 0. The Balaban J connectivity index is 0.00000144. The fraction of sp³-hybridized carbons (Fsp3) is 0.222. The van der Waals surface area contributed by atoms with Crippen LogP contribution >= 0.6 is 0 Å². The highest BCUT2D eigenvalue weighted by molar-refractivity contribution is 5.91. The van der Waals surface area contributed by atoms with Crippen molar-refractivity contribution >= 4 is 14.4 Å². The average molecular weight is 180 g/mol. The van der Waals surface area contributed by atoms with Crippen LogP contribution in [0.4, 0.5) is 0 Å². The van der Waals surface area contributed by atoms with Crippen LogP contribution in [-0.4, -0.2) is 26.6 Å². The first kappa shape index (κ1) is 11.6. The van der Waals surface area contributed by atoms with E-state index < -0.39 is 5.97 Å². The van der Waals surface area contributed by atoms with E-state index in [-0.39, 0.29) is 14.0 Å². The van der Waals surface area contributed by atoms with Crippen LogP contribution in [0.2, 0.25) is 0 Å². The molecule has 70 valence electrons. The predicted octanol–water partition coefficient (Wildman–Crippen LogP) is 0.518. The highest BCUT2D eigenvalue weighted by Gasteiger charge is 2.11. The van der Waals surface area contributed by atoms with Crippen molar-refractivity contribution in [2.75, 3.05) is 7.11 Å². The third-order valence-corrected chi connectivity index (χ3v) is 1.65. The van der Waals surface area contributed by atoms with E-state index in [9.17, 15) is 4.79 Å². The number of benzene rings is 1. The van der Waals surface area contributed by atoms with Crippen molar-refractivity contribution < 1.29 is 14.6 Å².